The number of hydrogen-bond donors (Lipinski definition) is 1. The molecule has 0 bridgehead atoms. The van der Waals surface area contributed by atoms with Crippen molar-refractivity contribution in [1.29, 1.82) is 0 Å². The van der Waals surface area contributed by atoms with Gasteiger partial charge in [-0.1, -0.05) is 0 Å². The van der Waals surface area contributed by atoms with Gasteiger partial charge in [-0.05, 0) is 28.1 Å². The van der Waals surface area contributed by atoms with Gasteiger partial charge in [-0.2, -0.15) is 0 Å². The summed E-state index contributed by atoms with van der Waals surface area (Å²) in [5.74, 6) is 0. The Balaban J connectivity index is 0.00000144. The highest BCUT2D eigenvalue weighted by molar-refractivity contribution is 9.11. The lowest BCUT2D eigenvalue weighted by Gasteiger charge is -1.99. The topological polar surface area (TPSA) is 35.2 Å². The third kappa shape index (κ3) is 5.65. The predicted octanol–water partition coefficient (Wildman–Crippen LogP) is 2.45. The van der Waals surface area contributed by atoms with Gasteiger partial charge in [-0.15, -0.1) is 23.7 Å². The summed E-state index contributed by atoms with van der Waals surface area (Å²) in [6.07, 6.45) is 0.982. The molecule has 1 heterocycles. The molecule has 0 aromatic carbocycles. The highest BCUT2D eigenvalue weighted by Crippen LogP contribution is 2.22. The molecule has 0 radical (unpaired) electrons. The predicted molar refractivity (Wildman–Crippen MR) is 62.8 cm³/mol. The van der Waals surface area contributed by atoms with Gasteiger partial charge in [0.1, 0.15) is 0 Å². The Morgan fingerprint density at radius 1 is 1.38 bits per heavy atom. The van der Waals surface area contributed by atoms with Crippen LogP contribution in [0.1, 0.15) is 4.88 Å². The third-order valence-electron chi connectivity index (χ3n) is 1.38. The van der Waals surface area contributed by atoms with E-state index in [1.54, 1.807) is 11.3 Å². The fraction of sp³-hybridized carbons (Fsp3) is 0.500. The van der Waals surface area contributed by atoms with Crippen molar-refractivity contribution in [2.24, 2.45) is 5.73 Å². The van der Waals surface area contributed by atoms with E-state index in [2.05, 4.69) is 28.1 Å². The van der Waals surface area contributed by atoms with Crippen LogP contribution in [0.25, 0.3) is 0 Å². The minimum absolute atomic E-state index is 0. The van der Waals surface area contributed by atoms with E-state index in [0.29, 0.717) is 13.2 Å². The fourth-order valence-electron chi connectivity index (χ4n) is 0.844. The molecule has 2 nitrogen and oxygen atoms in total. The lowest BCUT2D eigenvalue weighted by molar-refractivity contribution is 0.145. The van der Waals surface area contributed by atoms with Crippen molar-refractivity contribution >= 4 is 39.7 Å². The number of thiophene rings is 1. The highest BCUT2D eigenvalue weighted by Gasteiger charge is 1.96. The standard InChI is InChI=1S/C8H12BrNOS.ClH/c9-8-2-1-7(12-8)3-5-11-6-4-10;/h1-2H,3-6,10H2;1H. The molecule has 0 aliphatic heterocycles. The summed E-state index contributed by atoms with van der Waals surface area (Å²) in [6, 6.07) is 4.17. The van der Waals surface area contributed by atoms with Crippen LogP contribution in [0.15, 0.2) is 15.9 Å². The molecule has 1 aromatic heterocycles. The zero-order valence-electron chi connectivity index (χ0n) is 7.16. The van der Waals surface area contributed by atoms with Crippen LogP contribution in [0.4, 0.5) is 0 Å². The van der Waals surface area contributed by atoms with Crippen LogP contribution in [0.3, 0.4) is 0 Å². The molecular weight excluding hydrogens is 274 g/mol. The van der Waals surface area contributed by atoms with Gasteiger partial charge in [-0.25, -0.2) is 0 Å². The summed E-state index contributed by atoms with van der Waals surface area (Å²) in [5.41, 5.74) is 5.28. The Kier molecular flexibility index (Phi) is 8.00. The summed E-state index contributed by atoms with van der Waals surface area (Å²) >= 11 is 5.16. The van der Waals surface area contributed by atoms with Gasteiger partial charge in [0.25, 0.3) is 0 Å². The molecule has 0 atom stereocenters. The Hall–Kier alpha value is 0.390. The van der Waals surface area contributed by atoms with Gasteiger partial charge in [0.05, 0.1) is 17.0 Å². The van der Waals surface area contributed by atoms with E-state index in [4.69, 9.17) is 10.5 Å². The minimum Gasteiger partial charge on any atom is -0.380 e. The van der Waals surface area contributed by atoms with E-state index in [9.17, 15) is 0 Å². The number of halogens is 2. The van der Waals surface area contributed by atoms with Crippen molar-refractivity contribution in [3.63, 3.8) is 0 Å². The Morgan fingerprint density at radius 2 is 2.15 bits per heavy atom. The van der Waals surface area contributed by atoms with Crippen LogP contribution >= 0.6 is 39.7 Å². The molecule has 76 valence electrons. The minimum atomic E-state index is 0. The molecule has 1 aromatic rings. The zero-order chi connectivity index (χ0) is 8.81. The molecule has 1 rings (SSSR count). The Bertz CT molecular complexity index is 232. The third-order valence-corrected chi connectivity index (χ3v) is 3.07. The van der Waals surface area contributed by atoms with Crippen LogP contribution in [-0.2, 0) is 11.2 Å². The zero-order valence-corrected chi connectivity index (χ0v) is 10.4. The Morgan fingerprint density at radius 3 is 2.69 bits per heavy atom. The van der Waals surface area contributed by atoms with E-state index in [1.165, 1.54) is 8.66 Å². The maximum Gasteiger partial charge on any atom is 0.0701 e. The van der Waals surface area contributed by atoms with Gasteiger partial charge in [-0.3, -0.25) is 0 Å². The lowest BCUT2D eigenvalue weighted by atomic mass is 10.4. The molecule has 0 saturated heterocycles. The van der Waals surface area contributed by atoms with E-state index in [-0.39, 0.29) is 12.4 Å². The van der Waals surface area contributed by atoms with Crippen molar-refractivity contribution in [2.45, 2.75) is 6.42 Å². The molecule has 0 fully saturated rings. The number of nitrogens with two attached hydrogens (primary N) is 1. The van der Waals surface area contributed by atoms with Crippen molar-refractivity contribution in [2.75, 3.05) is 19.8 Å². The van der Waals surface area contributed by atoms with Crippen LogP contribution in [0.2, 0.25) is 0 Å². The van der Waals surface area contributed by atoms with Crippen molar-refractivity contribution in [3.8, 4) is 0 Å². The number of hydrogen-bond acceptors (Lipinski definition) is 3. The van der Waals surface area contributed by atoms with Crippen molar-refractivity contribution in [3.05, 3.63) is 20.8 Å². The first-order chi connectivity index (χ1) is 5.83. The molecule has 0 saturated carbocycles. The summed E-state index contributed by atoms with van der Waals surface area (Å²) in [7, 11) is 0. The summed E-state index contributed by atoms with van der Waals surface area (Å²) < 4.78 is 6.44. The second-order valence-corrected chi connectivity index (χ2v) is 4.90. The first-order valence-electron chi connectivity index (χ1n) is 3.85. The first-order valence-corrected chi connectivity index (χ1v) is 5.46. The quantitative estimate of drug-likeness (QED) is 0.844. The average Bonchev–Trinajstić information content (AvgIpc) is 2.45. The number of ether oxygens (including phenoxy) is 1. The number of rotatable bonds is 5. The maximum atomic E-state index is 5.28. The second kappa shape index (κ2) is 7.76. The lowest BCUT2D eigenvalue weighted by Crippen LogP contribution is -2.09. The van der Waals surface area contributed by atoms with Crippen LogP contribution < -0.4 is 5.73 Å². The largest absolute Gasteiger partial charge is 0.380 e. The first kappa shape index (κ1) is 13.4. The molecule has 0 unspecified atom stereocenters. The molecule has 13 heavy (non-hydrogen) atoms. The van der Waals surface area contributed by atoms with Crippen LogP contribution in [0.5, 0.6) is 0 Å². The van der Waals surface area contributed by atoms with Gasteiger partial charge >= 0.3 is 0 Å². The maximum absolute atomic E-state index is 5.28. The smallest absolute Gasteiger partial charge is 0.0701 e. The van der Waals surface area contributed by atoms with E-state index >= 15 is 0 Å². The molecule has 2 N–H and O–H groups in total. The van der Waals surface area contributed by atoms with Crippen molar-refractivity contribution < 1.29 is 4.74 Å². The summed E-state index contributed by atoms with van der Waals surface area (Å²) in [4.78, 5) is 1.35. The van der Waals surface area contributed by atoms with Gasteiger partial charge in [0.15, 0.2) is 0 Å². The molecular formula is C8H13BrClNOS. The van der Waals surface area contributed by atoms with Crippen molar-refractivity contribution in [1.82, 2.24) is 0 Å². The molecule has 0 aliphatic rings. The molecule has 5 heteroatoms. The molecule has 0 amide bonds. The van der Waals surface area contributed by atoms with Crippen LogP contribution in [0, 0.1) is 0 Å². The fourth-order valence-corrected chi connectivity index (χ4v) is 2.31. The van der Waals surface area contributed by atoms with Gasteiger partial charge < -0.3 is 10.5 Å². The Labute approximate surface area is 97.0 Å². The second-order valence-electron chi connectivity index (χ2n) is 2.36. The van der Waals surface area contributed by atoms with Gasteiger partial charge in [0.2, 0.25) is 0 Å². The molecule has 0 spiro atoms. The monoisotopic (exact) mass is 285 g/mol. The SMILES string of the molecule is Cl.NCCOCCc1ccc(Br)s1. The highest BCUT2D eigenvalue weighted by atomic mass is 79.9. The summed E-state index contributed by atoms with van der Waals surface area (Å²) in [5, 5.41) is 0. The average molecular weight is 287 g/mol. The van der Waals surface area contributed by atoms with E-state index in [0.717, 1.165) is 13.0 Å². The molecule has 0 aliphatic carbocycles. The normalized spacial score (nSPS) is 9.69. The van der Waals surface area contributed by atoms with Gasteiger partial charge in [0, 0.05) is 17.8 Å². The summed E-state index contributed by atoms with van der Waals surface area (Å²) in [6.45, 7) is 2.03. The van der Waals surface area contributed by atoms with Crippen LogP contribution in [-0.4, -0.2) is 19.8 Å². The van der Waals surface area contributed by atoms with E-state index in [1.807, 2.05) is 0 Å². The van der Waals surface area contributed by atoms with E-state index < -0.39 is 0 Å².